The highest BCUT2D eigenvalue weighted by molar-refractivity contribution is 7.47. The molecule has 61 heavy (non-hydrogen) atoms. The third-order valence-corrected chi connectivity index (χ3v) is 10.5. The summed E-state index contributed by atoms with van der Waals surface area (Å²) in [5, 5.41) is 30.5. The van der Waals surface area contributed by atoms with E-state index in [0.29, 0.717) is 12.8 Å². The molecule has 0 aliphatic heterocycles. The number of allylic oxidation sites excluding steroid dienone is 9. The Bertz CT molecular complexity index is 1340. The van der Waals surface area contributed by atoms with E-state index in [0.717, 1.165) is 64.2 Å². The van der Waals surface area contributed by atoms with E-state index in [-0.39, 0.29) is 32.1 Å². The maximum Gasteiger partial charge on any atom is 0.472 e. The largest absolute Gasteiger partial charge is 0.472 e. The van der Waals surface area contributed by atoms with E-state index in [9.17, 15) is 38.9 Å². The predicted octanol–water partition coefficient (Wildman–Crippen LogP) is 9.17. The van der Waals surface area contributed by atoms with Crippen LogP contribution < -0.4 is 0 Å². The fourth-order valence-corrected chi connectivity index (χ4v) is 6.76. The Morgan fingerprint density at radius 1 is 0.541 bits per heavy atom. The Kier molecular flexibility index (Phi) is 37.9. The summed E-state index contributed by atoms with van der Waals surface area (Å²) in [6.07, 6.45) is 33.8. The molecule has 0 bridgehead atoms. The van der Waals surface area contributed by atoms with Crippen molar-refractivity contribution >= 4 is 27.6 Å². The van der Waals surface area contributed by atoms with Crippen LogP contribution in [0.3, 0.4) is 0 Å². The van der Waals surface area contributed by atoms with Gasteiger partial charge < -0.3 is 39.5 Å². The number of phosphoric ester groups is 2. The van der Waals surface area contributed by atoms with Crippen molar-refractivity contribution in [3.63, 3.8) is 0 Å². The van der Waals surface area contributed by atoms with E-state index in [4.69, 9.17) is 23.8 Å². The van der Waals surface area contributed by atoms with Crippen molar-refractivity contribution in [1.82, 2.24) is 0 Å². The van der Waals surface area contributed by atoms with E-state index >= 15 is 0 Å². The smallest absolute Gasteiger partial charge is 0.462 e. The van der Waals surface area contributed by atoms with E-state index in [1.807, 2.05) is 12.2 Å². The lowest BCUT2D eigenvalue weighted by Crippen LogP contribution is -2.30. The monoisotopic (exact) mass is 908 g/mol. The lowest BCUT2D eigenvalue weighted by Gasteiger charge is -2.21. The number of carbonyl (C=O) groups is 2. The summed E-state index contributed by atoms with van der Waals surface area (Å²) in [5.74, 6) is -1.33. The summed E-state index contributed by atoms with van der Waals surface area (Å²) in [4.78, 5) is 52.8. The van der Waals surface area contributed by atoms with Gasteiger partial charge in [0.1, 0.15) is 12.7 Å². The molecule has 0 spiro atoms. The van der Waals surface area contributed by atoms with Gasteiger partial charge in [-0.15, -0.1) is 0 Å². The molecule has 0 aliphatic carbocycles. The molecule has 0 fully saturated rings. The number of rotatable bonds is 41. The summed E-state index contributed by atoms with van der Waals surface area (Å²) in [6.45, 7) is 1.29. The summed E-state index contributed by atoms with van der Waals surface area (Å²) >= 11 is 0. The molecular weight excluding hydrogens is 830 g/mol. The molecule has 0 saturated carbocycles. The summed E-state index contributed by atoms with van der Waals surface area (Å²) in [7, 11) is -9.79. The second kappa shape index (κ2) is 39.3. The molecule has 354 valence electrons. The van der Waals surface area contributed by atoms with Gasteiger partial charge >= 0.3 is 27.6 Å². The van der Waals surface area contributed by atoms with E-state index < -0.39 is 78.4 Å². The van der Waals surface area contributed by atoms with Crippen molar-refractivity contribution in [2.75, 3.05) is 26.4 Å². The summed E-state index contributed by atoms with van der Waals surface area (Å²) in [5.41, 5.74) is 0. The lowest BCUT2D eigenvalue weighted by molar-refractivity contribution is -0.161. The van der Waals surface area contributed by atoms with E-state index in [1.54, 1.807) is 6.08 Å². The normalized spacial score (nSPS) is 15.6. The predicted molar refractivity (Wildman–Crippen MR) is 237 cm³/mol. The van der Waals surface area contributed by atoms with Gasteiger partial charge in [-0.1, -0.05) is 126 Å². The number of aliphatic hydroxyl groups is 3. The molecule has 15 nitrogen and oxygen atoms in total. The second-order valence-electron chi connectivity index (χ2n) is 14.9. The van der Waals surface area contributed by atoms with Crippen LogP contribution in [-0.2, 0) is 41.8 Å². The van der Waals surface area contributed by atoms with Crippen LogP contribution in [0.4, 0.5) is 0 Å². The number of unbranched alkanes of at least 4 members (excludes halogenated alkanes) is 11. The molecule has 0 rings (SSSR count). The Labute approximate surface area is 365 Å². The van der Waals surface area contributed by atoms with Gasteiger partial charge in [-0.25, -0.2) is 9.13 Å². The Morgan fingerprint density at radius 3 is 1.64 bits per heavy atom. The van der Waals surface area contributed by atoms with Crippen LogP contribution >= 0.6 is 15.6 Å². The molecule has 0 heterocycles. The zero-order valence-corrected chi connectivity index (χ0v) is 38.5. The molecule has 5 atom stereocenters. The molecule has 6 N–H and O–H groups in total. The van der Waals surface area contributed by atoms with Crippen LogP contribution in [0.2, 0.25) is 0 Å². The highest BCUT2D eigenvalue weighted by Gasteiger charge is 2.28. The van der Waals surface area contributed by atoms with Crippen molar-refractivity contribution < 1.29 is 71.8 Å². The van der Waals surface area contributed by atoms with Crippen molar-refractivity contribution in [3.8, 4) is 0 Å². The minimum atomic E-state index is -4.90. The first kappa shape index (κ1) is 58.7. The fraction of sp³-hybridized carbons (Fsp3) is 0.727. The molecule has 0 aromatic rings. The molecule has 0 radical (unpaired) electrons. The maximum absolute atomic E-state index is 12.7. The standard InChI is InChI=1S/C44H78O15P2/c1-3-5-7-9-11-13-15-17-18-19-21-23-25-27-29-33-43(48)55-37-40(38-58-61(53,54)57-36-39(45)35-56-60(50,51)52)59-44(49)34-30-32-42(47)41(46)31-28-26-24-22-20-16-14-12-10-8-6-4-2/h6,8,12-15,20,22,26,28,39-42,45-47H,3-5,7,9-11,16-19,21,23-25,27,29-38H2,1-2H3,(H,53,54)(H2,50,51,52)/b8-6-,14-12-,15-13-,22-20-,28-26-/t39-,40+,41+,42+/m0/s1. The van der Waals surface area contributed by atoms with Crippen LogP contribution in [0, 0.1) is 0 Å². The Morgan fingerprint density at radius 2 is 1.05 bits per heavy atom. The van der Waals surface area contributed by atoms with Crippen molar-refractivity contribution in [2.45, 2.75) is 180 Å². The SMILES string of the molecule is CC/C=C\C/C=C\C/C=C\C/C=C\C[C@@H](O)[C@H](O)CCCC(=O)O[C@H](COC(=O)CCCCCCCCC/C=C\CCCCCC)COP(=O)(O)OC[C@@H](O)COP(=O)(O)O. The number of hydrogen-bond acceptors (Lipinski definition) is 12. The zero-order chi connectivity index (χ0) is 45.5. The molecular formula is C44H78O15P2. The number of carbonyl (C=O) groups excluding carboxylic acids is 2. The third kappa shape index (κ3) is 41.5. The number of hydrogen-bond donors (Lipinski definition) is 6. The van der Waals surface area contributed by atoms with Gasteiger partial charge in [0.15, 0.2) is 6.10 Å². The minimum Gasteiger partial charge on any atom is -0.462 e. The fourth-order valence-electron chi connectivity index (χ4n) is 5.61. The third-order valence-electron chi connectivity index (χ3n) is 9.08. The first-order valence-corrected chi connectivity index (χ1v) is 25.2. The van der Waals surface area contributed by atoms with E-state index in [2.05, 4.69) is 65.4 Å². The highest BCUT2D eigenvalue weighted by Crippen LogP contribution is 2.43. The summed E-state index contributed by atoms with van der Waals surface area (Å²) in [6, 6.07) is 0. The molecule has 0 saturated heterocycles. The number of phosphoric acid groups is 2. The van der Waals surface area contributed by atoms with Crippen LogP contribution in [0.1, 0.15) is 155 Å². The second-order valence-corrected chi connectivity index (χ2v) is 17.6. The van der Waals surface area contributed by atoms with E-state index in [1.165, 1.54) is 32.1 Å². The van der Waals surface area contributed by atoms with Crippen molar-refractivity contribution in [3.05, 3.63) is 60.8 Å². The molecule has 0 amide bonds. The van der Waals surface area contributed by atoms with Gasteiger partial charge in [-0.2, -0.15) is 0 Å². The van der Waals surface area contributed by atoms with Crippen LogP contribution in [0.25, 0.3) is 0 Å². The van der Waals surface area contributed by atoms with Gasteiger partial charge in [0, 0.05) is 12.8 Å². The Balaban J connectivity index is 4.77. The topological polar surface area (TPSA) is 236 Å². The average molecular weight is 909 g/mol. The lowest BCUT2D eigenvalue weighted by atomic mass is 10.0. The number of ether oxygens (including phenoxy) is 2. The first-order valence-electron chi connectivity index (χ1n) is 22.1. The minimum absolute atomic E-state index is 0.0876. The van der Waals surface area contributed by atoms with Crippen LogP contribution in [-0.4, -0.2) is 92.8 Å². The molecule has 0 aromatic carbocycles. The van der Waals surface area contributed by atoms with Crippen LogP contribution in [0.15, 0.2) is 60.8 Å². The van der Waals surface area contributed by atoms with Crippen molar-refractivity contribution in [1.29, 1.82) is 0 Å². The highest BCUT2D eigenvalue weighted by atomic mass is 31.2. The van der Waals surface area contributed by atoms with Crippen LogP contribution in [0.5, 0.6) is 0 Å². The quantitative estimate of drug-likeness (QED) is 0.0145. The average Bonchev–Trinajstić information content (AvgIpc) is 3.21. The van der Waals surface area contributed by atoms with Gasteiger partial charge in [0.2, 0.25) is 0 Å². The molecule has 17 heteroatoms. The zero-order valence-electron chi connectivity index (χ0n) is 36.7. The molecule has 0 aliphatic rings. The molecule has 0 aromatic heterocycles. The number of esters is 2. The summed E-state index contributed by atoms with van der Waals surface area (Å²) < 4.78 is 47.6. The van der Waals surface area contributed by atoms with Crippen molar-refractivity contribution in [2.24, 2.45) is 0 Å². The van der Waals surface area contributed by atoms with Gasteiger partial charge in [-0.05, 0) is 77.0 Å². The maximum atomic E-state index is 12.7. The number of aliphatic hydroxyl groups excluding tert-OH is 3. The Hall–Kier alpha value is -2.26. The molecule has 1 unspecified atom stereocenters. The first-order chi connectivity index (χ1) is 29.2. The van der Waals surface area contributed by atoms with Gasteiger partial charge in [0.05, 0.1) is 32.0 Å². The van der Waals surface area contributed by atoms with Gasteiger partial charge in [-0.3, -0.25) is 23.2 Å². The van der Waals surface area contributed by atoms with Gasteiger partial charge in [0.25, 0.3) is 0 Å².